The minimum Gasteiger partial charge on any atom is -0.488 e. The maximum atomic E-state index is 11.0. The number of thioether (sulfide) groups is 1. The lowest BCUT2D eigenvalue weighted by atomic mass is 10.2. The molecule has 0 bridgehead atoms. The summed E-state index contributed by atoms with van der Waals surface area (Å²) in [5.74, 6) is -1.04. The molecule has 34 heavy (non-hydrogen) atoms. The van der Waals surface area contributed by atoms with Crippen LogP contribution >= 0.6 is 23.1 Å². The van der Waals surface area contributed by atoms with Crippen LogP contribution in [-0.4, -0.2) is 37.9 Å². The normalized spacial score (nSPS) is 10.6. The minimum absolute atomic E-state index is 0.0693. The van der Waals surface area contributed by atoms with Crippen LogP contribution in [0.25, 0.3) is 21.1 Å². The summed E-state index contributed by atoms with van der Waals surface area (Å²) in [6.45, 7) is 0.452. The number of rotatable bonds is 7. The first kappa shape index (κ1) is 23.3. The van der Waals surface area contributed by atoms with Crippen molar-refractivity contribution in [3.8, 4) is 5.75 Å². The molecule has 7 nitrogen and oxygen atoms in total. The van der Waals surface area contributed by atoms with Gasteiger partial charge in [0, 0.05) is 10.9 Å². The van der Waals surface area contributed by atoms with Crippen LogP contribution in [0.5, 0.6) is 5.75 Å². The Bertz CT molecular complexity index is 1400. The van der Waals surface area contributed by atoms with Gasteiger partial charge in [-0.05, 0) is 35.9 Å². The van der Waals surface area contributed by atoms with Gasteiger partial charge in [-0.15, -0.1) is 11.3 Å². The van der Waals surface area contributed by atoms with Gasteiger partial charge < -0.3 is 19.9 Å². The van der Waals surface area contributed by atoms with Crippen LogP contribution in [0.15, 0.2) is 83.2 Å². The number of para-hydroxylation sites is 1. The van der Waals surface area contributed by atoms with Gasteiger partial charge in [0.1, 0.15) is 18.1 Å². The maximum absolute atomic E-state index is 11.0. The first-order valence-electron chi connectivity index (χ1n) is 10.2. The molecule has 0 spiro atoms. The predicted octanol–water partition coefficient (Wildman–Crippen LogP) is 5.92. The second-order valence-corrected chi connectivity index (χ2v) is 9.36. The molecule has 9 heteroatoms. The zero-order valence-corrected chi connectivity index (χ0v) is 19.4. The number of thiazole rings is 1. The molecule has 2 heterocycles. The van der Waals surface area contributed by atoms with Crippen molar-refractivity contribution in [2.75, 3.05) is 5.75 Å². The highest BCUT2D eigenvalue weighted by atomic mass is 32.2. The quantitative estimate of drug-likeness (QED) is 0.242. The van der Waals surface area contributed by atoms with Crippen molar-refractivity contribution >= 4 is 56.2 Å². The molecule has 0 saturated heterocycles. The lowest BCUT2D eigenvalue weighted by Gasteiger charge is -2.07. The van der Waals surface area contributed by atoms with Crippen molar-refractivity contribution in [2.24, 2.45) is 0 Å². The summed E-state index contributed by atoms with van der Waals surface area (Å²) in [5, 5.41) is 18.3. The fraction of sp³-hybridized carbons (Fsp3) is 0.0800. The molecule has 0 saturated carbocycles. The van der Waals surface area contributed by atoms with Crippen LogP contribution in [-0.2, 0) is 11.4 Å². The van der Waals surface area contributed by atoms with E-state index in [4.69, 9.17) is 14.9 Å². The van der Waals surface area contributed by atoms with Crippen molar-refractivity contribution in [1.29, 1.82) is 0 Å². The molecule has 5 rings (SSSR count). The van der Waals surface area contributed by atoms with Crippen LogP contribution in [0, 0.1) is 0 Å². The van der Waals surface area contributed by atoms with Gasteiger partial charge >= 0.3 is 11.9 Å². The summed E-state index contributed by atoms with van der Waals surface area (Å²) >= 11 is 2.79. The summed E-state index contributed by atoms with van der Waals surface area (Å²) in [5.41, 5.74) is 2.92. The smallest absolute Gasteiger partial charge is 0.352 e. The fourth-order valence-electron chi connectivity index (χ4n) is 3.14. The number of aliphatic carboxylic acids is 1. The number of carbonyl (C=O) groups is 2. The molecule has 3 aromatic carbocycles. The molecule has 0 aliphatic carbocycles. The Kier molecular flexibility index (Phi) is 7.46. The molecule has 0 aliphatic heterocycles. The first-order valence-corrected chi connectivity index (χ1v) is 12.0. The van der Waals surface area contributed by atoms with Crippen LogP contribution < -0.4 is 4.74 Å². The number of aromatic amines is 1. The van der Waals surface area contributed by atoms with Crippen molar-refractivity contribution in [3.63, 3.8) is 0 Å². The highest BCUT2D eigenvalue weighted by molar-refractivity contribution is 8.01. The fourth-order valence-corrected chi connectivity index (χ4v) is 4.93. The van der Waals surface area contributed by atoms with E-state index in [0.29, 0.717) is 12.4 Å². The lowest BCUT2D eigenvalue weighted by Crippen LogP contribution is -1.96. The van der Waals surface area contributed by atoms with Crippen LogP contribution in [0.3, 0.4) is 0 Å². The molecule has 2 aromatic heterocycles. The van der Waals surface area contributed by atoms with E-state index in [1.165, 1.54) is 23.1 Å². The summed E-state index contributed by atoms with van der Waals surface area (Å²) in [4.78, 5) is 28.5. The number of ether oxygens (including phenoxy) is 1. The third kappa shape index (κ3) is 5.94. The van der Waals surface area contributed by atoms with Gasteiger partial charge in [0.2, 0.25) is 0 Å². The van der Waals surface area contributed by atoms with E-state index in [1.54, 1.807) is 6.07 Å². The minimum atomic E-state index is -0.977. The van der Waals surface area contributed by atoms with E-state index in [-0.39, 0.29) is 11.4 Å². The number of aromatic carboxylic acids is 1. The maximum Gasteiger partial charge on any atom is 0.352 e. The number of hydrogen-bond acceptors (Lipinski definition) is 6. The molecule has 0 radical (unpaired) electrons. The molecule has 0 unspecified atom stereocenters. The SMILES string of the molecule is O=C(O)CSc1nc2ccccc2s1.O=C(O)c1cc2c(OCc3ccccc3)cccc2[nH]1. The van der Waals surface area contributed by atoms with Gasteiger partial charge in [-0.2, -0.15) is 0 Å². The topological polar surface area (TPSA) is 113 Å². The summed E-state index contributed by atoms with van der Waals surface area (Å²) < 4.78 is 7.70. The number of hydrogen-bond donors (Lipinski definition) is 3. The van der Waals surface area contributed by atoms with Crippen LogP contribution in [0.4, 0.5) is 0 Å². The van der Waals surface area contributed by atoms with Crippen LogP contribution in [0.2, 0.25) is 0 Å². The van der Waals surface area contributed by atoms with E-state index in [0.717, 1.165) is 31.0 Å². The lowest BCUT2D eigenvalue weighted by molar-refractivity contribution is -0.133. The van der Waals surface area contributed by atoms with Gasteiger partial charge in [-0.3, -0.25) is 4.79 Å². The number of H-pyrrole nitrogens is 1. The van der Waals surface area contributed by atoms with Gasteiger partial charge in [-0.1, -0.05) is 60.3 Å². The molecule has 0 fully saturated rings. The molecule has 0 amide bonds. The molecule has 3 N–H and O–H groups in total. The van der Waals surface area contributed by atoms with Gasteiger partial charge in [0.05, 0.1) is 16.0 Å². The largest absolute Gasteiger partial charge is 0.488 e. The Morgan fingerprint density at radius 3 is 2.47 bits per heavy atom. The Hall–Kier alpha value is -3.82. The van der Waals surface area contributed by atoms with Gasteiger partial charge in [0.15, 0.2) is 4.34 Å². The number of aromatic nitrogens is 2. The summed E-state index contributed by atoms with van der Waals surface area (Å²) in [6.07, 6.45) is 0. The van der Waals surface area contributed by atoms with Gasteiger partial charge in [0.25, 0.3) is 0 Å². The number of fused-ring (bicyclic) bond motifs is 2. The second-order valence-electron chi connectivity index (χ2n) is 7.11. The molecule has 0 atom stereocenters. The zero-order chi connectivity index (χ0) is 23.9. The summed E-state index contributed by atoms with van der Waals surface area (Å²) in [6, 6.07) is 24.7. The van der Waals surface area contributed by atoms with E-state index in [2.05, 4.69) is 9.97 Å². The average Bonchev–Trinajstić information content (AvgIpc) is 3.47. The molecule has 172 valence electrons. The number of carboxylic acid groups (broad SMARTS) is 2. The second kappa shape index (κ2) is 10.9. The number of nitrogens with zero attached hydrogens (tertiary/aromatic N) is 1. The number of carboxylic acids is 2. The Balaban J connectivity index is 0.000000172. The average molecular weight is 493 g/mol. The molecule has 0 aliphatic rings. The van der Waals surface area contributed by atoms with Crippen molar-refractivity contribution in [3.05, 3.63) is 90.1 Å². The van der Waals surface area contributed by atoms with Crippen molar-refractivity contribution in [2.45, 2.75) is 10.9 Å². The van der Waals surface area contributed by atoms with E-state index in [1.807, 2.05) is 72.8 Å². The third-order valence-electron chi connectivity index (χ3n) is 4.69. The highest BCUT2D eigenvalue weighted by Crippen LogP contribution is 2.29. The highest BCUT2D eigenvalue weighted by Gasteiger charge is 2.11. The van der Waals surface area contributed by atoms with Crippen molar-refractivity contribution < 1.29 is 24.5 Å². The van der Waals surface area contributed by atoms with Crippen molar-refractivity contribution in [1.82, 2.24) is 9.97 Å². The molecular formula is C25H20N2O5S2. The zero-order valence-electron chi connectivity index (χ0n) is 17.8. The summed E-state index contributed by atoms with van der Waals surface area (Å²) in [7, 11) is 0. The van der Waals surface area contributed by atoms with Gasteiger partial charge in [-0.25, -0.2) is 9.78 Å². The van der Waals surface area contributed by atoms with E-state index in [9.17, 15) is 9.59 Å². The first-order chi connectivity index (χ1) is 16.5. The Labute approximate surface area is 203 Å². The Morgan fingerprint density at radius 2 is 1.74 bits per heavy atom. The molecule has 5 aromatic rings. The predicted molar refractivity (Wildman–Crippen MR) is 134 cm³/mol. The Morgan fingerprint density at radius 1 is 0.971 bits per heavy atom. The number of nitrogens with one attached hydrogen (secondary N) is 1. The molecular weight excluding hydrogens is 472 g/mol. The monoisotopic (exact) mass is 492 g/mol. The third-order valence-corrected chi connectivity index (χ3v) is 6.85. The van der Waals surface area contributed by atoms with Crippen LogP contribution in [0.1, 0.15) is 16.1 Å². The van der Waals surface area contributed by atoms with E-state index >= 15 is 0 Å². The standard InChI is InChI=1S/C16H13NO3.C9H7NO2S2/c18-16(19)14-9-12-13(17-14)7-4-8-15(12)20-10-11-5-2-1-3-6-11;11-8(12)5-13-9-10-6-3-1-2-4-7(6)14-9/h1-9,17H,10H2,(H,18,19);1-4H,5H2,(H,11,12). The number of benzene rings is 3. The van der Waals surface area contributed by atoms with E-state index < -0.39 is 11.9 Å².